The maximum Gasteiger partial charge on any atom is 0.256 e. The molecular formula is C31H33BrN6O2. The summed E-state index contributed by atoms with van der Waals surface area (Å²) in [6.45, 7) is 11.8. The maximum atomic E-state index is 14.0. The Bertz CT molecular complexity index is 1510. The van der Waals surface area contributed by atoms with Gasteiger partial charge in [0.1, 0.15) is 5.82 Å². The van der Waals surface area contributed by atoms with E-state index in [1.54, 1.807) is 6.20 Å². The van der Waals surface area contributed by atoms with E-state index in [1.165, 1.54) is 6.08 Å². The lowest BCUT2D eigenvalue weighted by Gasteiger charge is -2.43. The number of carbonyl (C=O) groups is 2. The van der Waals surface area contributed by atoms with Gasteiger partial charge in [-0.05, 0) is 49.8 Å². The summed E-state index contributed by atoms with van der Waals surface area (Å²) in [5.41, 5.74) is 3.69. The van der Waals surface area contributed by atoms with E-state index in [4.69, 9.17) is 6.42 Å². The van der Waals surface area contributed by atoms with E-state index in [1.807, 2.05) is 21.9 Å². The number of amides is 2. The normalized spacial score (nSPS) is 20.0. The van der Waals surface area contributed by atoms with Gasteiger partial charge in [0.25, 0.3) is 5.91 Å². The van der Waals surface area contributed by atoms with Crippen LogP contribution in [0, 0.1) is 19.3 Å². The Hall–Kier alpha value is -3.61. The second kappa shape index (κ2) is 10.8. The third-order valence-electron chi connectivity index (χ3n) is 8.65. The summed E-state index contributed by atoms with van der Waals surface area (Å²) < 4.78 is 3.35. The van der Waals surface area contributed by atoms with Crippen LogP contribution in [0.3, 0.4) is 0 Å². The van der Waals surface area contributed by atoms with Crippen molar-refractivity contribution >= 4 is 44.5 Å². The van der Waals surface area contributed by atoms with E-state index in [0.717, 1.165) is 83.7 Å². The molecule has 0 spiro atoms. The molecule has 3 fully saturated rings. The second-order valence-corrected chi connectivity index (χ2v) is 11.8. The number of fused-ring (bicyclic) bond motifs is 1. The number of rotatable bonds is 5. The third kappa shape index (κ3) is 4.69. The van der Waals surface area contributed by atoms with Gasteiger partial charge in [-0.15, -0.1) is 6.42 Å². The standard InChI is InChI=1S/C31H33BrN6O2/c1-4-22-6-9-28(33-17-22)34-12-14-35(15-13-34)31(40)30-21(3)38(27-8-7-23(32)16-26(27)30)24-10-11-36(18-24)25-19-37(20-25)29(39)5-2/h1,5-9,16-17,24-25H,2,10-15,18-20H2,3H3. The zero-order valence-electron chi connectivity index (χ0n) is 22.7. The highest BCUT2D eigenvalue weighted by Crippen LogP contribution is 2.36. The highest BCUT2D eigenvalue weighted by Gasteiger charge is 2.39. The fourth-order valence-electron chi connectivity index (χ4n) is 6.42. The molecule has 2 amide bonds. The molecule has 206 valence electrons. The maximum absolute atomic E-state index is 14.0. The van der Waals surface area contributed by atoms with Crippen LogP contribution in [0.4, 0.5) is 5.82 Å². The number of anilines is 1. The molecule has 3 aliphatic heterocycles. The summed E-state index contributed by atoms with van der Waals surface area (Å²) in [6.07, 6.45) is 9.59. The molecular weight excluding hydrogens is 568 g/mol. The number of likely N-dealkylation sites (tertiary alicyclic amines) is 2. The van der Waals surface area contributed by atoms with Crippen LogP contribution in [-0.4, -0.2) is 94.5 Å². The topological polar surface area (TPSA) is 64.9 Å². The number of pyridine rings is 1. The Balaban J connectivity index is 1.20. The van der Waals surface area contributed by atoms with Crippen molar-refractivity contribution in [2.24, 2.45) is 0 Å². The van der Waals surface area contributed by atoms with Crippen molar-refractivity contribution in [2.45, 2.75) is 25.4 Å². The molecule has 5 heterocycles. The van der Waals surface area contributed by atoms with E-state index in [9.17, 15) is 9.59 Å². The lowest BCUT2D eigenvalue weighted by Crippen LogP contribution is -2.60. The van der Waals surface area contributed by atoms with E-state index in [0.29, 0.717) is 19.1 Å². The molecule has 40 heavy (non-hydrogen) atoms. The van der Waals surface area contributed by atoms with Gasteiger partial charge < -0.3 is 19.3 Å². The zero-order chi connectivity index (χ0) is 28.0. The van der Waals surface area contributed by atoms with E-state index >= 15 is 0 Å². The summed E-state index contributed by atoms with van der Waals surface area (Å²) in [5, 5.41) is 0.996. The van der Waals surface area contributed by atoms with Gasteiger partial charge in [-0.3, -0.25) is 14.5 Å². The number of benzene rings is 1. The van der Waals surface area contributed by atoms with Crippen LogP contribution >= 0.6 is 15.9 Å². The Morgan fingerprint density at radius 3 is 2.50 bits per heavy atom. The smallest absolute Gasteiger partial charge is 0.256 e. The molecule has 2 aromatic heterocycles. The average Bonchev–Trinajstić information content (AvgIpc) is 3.53. The summed E-state index contributed by atoms with van der Waals surface area (Å²) in [7, 11) is 0. The number of hydrogen-bond acceptors (Lipinski definition) is 5. The van der Waals surface area contributed by atoms with Crippen LogP contribution in [-0.2, 0) is 4.79 Å². The van der Waals surface area contributed by atoms with Crippen LogP contribution in [0.2, 0.25) is 0 Å². The first-order valence-corrected chi connectivity index (χ1v) is 14.6. The predicted molar refractivity (Wildman–Crippen MR) is 160 cm³/mol. The van der Waals surface area contributed by atoms with E-state index in [2.05, 4.69) is 72.9 Å². The summed E-state index contributed by atoms with van der Waals surface area (Å²) in [6, 6.07) is 10.8. The minimum Gasteiger partial charge on any atom is -0.353 e. The molecule has 0 radical (unpaired) electrons. The van der Waals surface area contributed by atoms with Crippen LogP contribution in [0.15, 0.2) is 53.7 Å². The van der Waals surface area contributed by atoms with Crippen LogP contribution < -0.4 is 4.90 Å². The molecule has 3 aromatic rings. The zero-order valence-corrected chi connectivity index (χ0v) is 24.3. The highest BCUT2D eigenvalue weighted by molar-refractivity contribution is 9.10. The molecule has 3 saturated heterocycles. The molecule has 8 nitrogen and oxygen atoms in total. The number of nitrogens with zero attached hydrogens (tertiary/aromatic N) is 6. The minimum atomic E-state index is 0.00636. The van der Waals surface area contributed by atoms with Crippen molar-refractivity contribution in [1.29, 1.82) is 0 Å². The molecule has 0 bridgehead atoms. The van der Waals surface area contributed by atoms with Crippen molar-refractivity contribution in [1.82, 2.24) is 24.3 Å². The van der Waals surface area contributed by atoms with Crippen molar-refractivity contribution in [3.8, 4) is 12.3 Å². The number of aromatic nitrogens is 2. The van der Waals surface area contributed by atoms with E-state index in [-0.39, 0.29) is 17.9 Å². The number of carbonyl (C=O) groups excluding carboxylic acids is 2. The van der Waals surface area contributed by atoms with Gasteiger partial charge in [0.05, 0.1) is 5.56 Å². The first kappa shape index (κ1) is 26.6. The van der Waals surface area contributed by atoms with Crippen LogP contribution in [0.25, 0.3) is 10.9 Å². The van der Waals surface area contributed by atoms with Gasteiger partial charge in [0.15, 0.2) is 0 Å². The van der Waals surface area contributed by atoms with Crippen LogP contribution in [0.1, 0.15) is 34.1 Å². The number of hydrogen-bond donors (Lipinski definition) is 0. The quantitative estimate of drug-likeness (QED) is 0.330. The third-order valence-corrected chi connectivity index (χ3v) is 9.15. The molecule has 0 saturated carbocycles. The first-order chi connectivity index (χ1) is 19.4. The molecule has 1 aromatic carbocycles. The highest BCUT2D eigenvalue weighted by atomic mass is 79.9. The van der Waals surface area contributed by atoms with Crippen molar-refractivity contribution in [2.75, 3.05) is 57.3 Å². The summed E-state index contributed by atoms with van der Waals surface area (Å²) in [4.78, 5) is 39.0. The summed E-state index contributed by atoms with van der Waals surface area (Å²) in [5.74, 6) is 3.58. The van der Waals surface area contributed by atoms with E-state index < -0.39 is 0 Å². The van der Waals surface area contributed by atoms with Crippen molar-refractivity contribution < 1.29 is 9.59 Å². The number of terminal acetylenes is 1. The largest absolute Gasteiger partial charge is 0.353 e. The first-order valence-electron chi connectivity index (χ1n) is 13.8. The number of halogens is 1. The van der Waals surface area contributed by atoms with Crippen molar-refractivity contribution in [3.05, 3.63) is 70.5 Å². The molecule has 1 atom stereocenters. The predicted octanol–water partition coefficient (Wildman–Crippen LogP) is 3.69. The number of piperazine rings is 1. The summed E-state index contributed by atoms with van der Waals surface area (Å²) >= 11 is 3.63. The fourth-order valence-corrected chi connectivity index (χ4v) is 6.78. The van der Waals surface area contributed by atoms with Gasteiger partial charge in [-0.2, -0.15) is 0 Å². The molecule has 6 rings (SSSR count). The van der Waals surface area contributed by atoms with Gasteiger partial charge in [0, 0.05) is 97.3 Å². The Morgan fingerprint density at radius 1 is 1.05 bits per heavy atom. The minimum absolute atomic E-state index is 0.00636. The van der Waals surface area contributed by atoms with Crippen LogP contribution in [0.5, 0.6) is 0 Å². The molecule has 1 unspecified atom stereocenters. The average molecular weight is 602 g/mol. The van der Waals surface area contributed by atoms with Gasteiger partial charge >= 0.3 is 0 Å². The Morgan fingerprint density at radius 2 is 1.82 bits per heavy atom. The Labute approximate surface area is 243 Å². The van der Waals surface area contributed by atoms with Gasteiger partial charge in [0.2, 0.25) is 5.91 Å². The lowest BCUT2D eigenvalue weighted by atomic mass is 10.1. The Kier molecular flexibility index (Phi) is 7.15. The molecule has 9 heteroatoms. The van der Waals surface area contributed by atoms with Crippen molar-refractivity contribution in [3.63, 3.8) is 0 Å². The molecule has 0 N–H and O–H groups in total. The SMILES string of the molecule is C#Cc1ccc(N2CCN(C(=O)c3c(C)n(C4CCN(C5CN(C(=O)C=C)C5)C4)c4ccc(Br)cc34)CC2)nc1. The van der Waals surface area contributed by atoms with Gasteiger partial charge in [-0.25, -0.2) is 4.98 Å². The molecule has 0 aliphatic carbocycles. The van der Waals surface area contributed by atoms with Gasteiger partial charge in [-0.1, -0.05) is 28.4 Å². The molecule has 3 aliphatic rings. The lowest BCUT2D eigenvalue weighted by molar-refractivity contribution is -0.132. The fraction of sp³-hybridized carbons (Fsp3) is 0.387. The second-order valence-electron chi connectivity index (χ2n) is 10.9. The monoisotopic (exact) mass is 600 g/mol.